The summed E-state index contributed by atoms with van der Waals surface area (Å²) in [5, 5.41) is 0. The Kier molecular flexibility index (Phi) is 30.0. The van der Waals surface area contributed by atoms with Crippen molar-refractivity contribution in [2.75, 3.05) is 0 Å². The molecular weight excluding hydrogens is 1740 g/mol. The molecule has 0 N–H and O–H groups in total. The lowest BCUT2D eigenvalue weighted by molar-refractivity contribution is -0.0597. The molecule has 0 saturated heterocycles. The van der Waals surface area contributed by atoms with Gasteiger partial charge in [0, 0.05) is 60.8 Å². The molecule has 12 nitrogen and oxygen atoms in total. The van der Waals surface area contributed by atoms with Crippen LogP contribution in [0.15, 0.2) is 193 Å². The number of rotatable bonds is 26. The van der Waals surface area contributed by atoms with Crippen LogP contribution >= 0.6 is 17.2 Å². The fraction of sp³-hybridized carbons (Fsp3) is 0.565. The van der Waals surface area contributed by atoms with Gasteiger partial charge in [0.25, 0.3) is 0 Å². The van der Waals surface area contributed by atoms with E-state index in [1.54, 1.807) is 0 Å². The zero-order valence-corrected chi connectivity index (χ0v) is 89.4. The second-order valence-electron chi connectivity index (χ2n) is 49.7. The molecule has 6 fully saturated rings. The molecular formula is C124H162O12P2. The number of fused-ring (bicyclic) bond motifs is 18. The van der Waals surface area contributed by atoms with Crippen molar-refractivity contribution in [1.82, 2.24) is 0 Å². The van der Waals surface area contributed by atoms with E-state index in [1.165, 1.54) is 101 Å². The summed E-state index contributed by atoms with van der Waals surface area (Å²) in [6, 6.07) is 57.0. The lowest BCUT2D eigenvalue weighted by Gasteiger charge is -2.58. The normalized spacial score (nSPS) is 26.7. The van der Waals surface area contributed by atoms with E-state index in [0.717, 1.165) is 153 Å². The summed E-state index contributed by atoms with van der Waals surface area (Å²) < 4.78 is 72.4. The molecule has 16 atom stereocenters. The summed E-state index contributed by atoms with van der Waals surface area (Å²) in [7, 11) is -4.66. The van der Waals surface area contributed by atoms with Crippen LogP contribution in [0.3, 0.4) is 0 Å². The van der Waals surface area contributed by atoms with E-state index in [0.29, 0.717) is 93.3 Å². The molecule has 8 bridgehead atoms. The molecule has 8 aromatic carbocycles. The van der Waals surface area contributed by atoms with E-state index in [1.807, 2.05) is 121 Å². The average molecular weight is 1910 g/mol. The Morgan fingerprint density at radius 2 is 0.623 bits per heavy atom. The molecule has 16 unspecified atom stereocenters. The fourth-order valence-corrected chi connectivity index (χ4v) is 29.8. The van der Waals surface area contributed by atoms with Gasteiger partial charge in [0.15, 0.2) is 0 Å². The van der Waals surface area contributed by atoms with Crippen LogP contribution in [-0.2, 0) is 56.8 Å². The predicted octanol–water partition coefficient (Wildman–Crippen LogP) is 34.9. The molecule has 138 heavy (non-hydrogen) atoms. The Balaban J connectivity index is 0.803. The highest BCUT2D eigenvalue weighted by Gasteiger charge is 2.62. The Labute approximate surface area is 831 Å². The van der Waals surface area contributed by atoms with Crippen LogP contribution in [0.25, 0.3) is 0 Å². The molecule has 17 rings (SSSR count). The fourth-order valence-electron chi connectivity index (χ4n) is 27.6. The highest BCUT2D eigenvalue weighted by Crippen LogP contribution is 2.70. The first-order valence-corrected chi connectivity index (χ1v) is 55.4. The SMILES string of the molecule is CC(C)CCCC(C)C1CCC2C3CC=C4CC(OC(=O)Oc5c6cc(C(C)(C)C)cc5Cc5cc(C(C)(C)C)cc(c5OP(Oc5ccccc5)Oc5ccccc5)Cc5cc(C(C)(C)C)cc(c5OC(=O)OC5CCC7(C)C(=CCC8C7CCC7(C)C(C(C)CCCC(C)C)CCC87)C5)Cc5cc(C(C)(C)C)cc(c5OP(Oc5ccccc5)Oc5ccccc5)C6)CCC4(C)C3CCC12C. The monoisotopic (exact) mass is 1910 g/mol. The number of benzene rings is 8. The third-order valence-electron chi connectivity index (χ3n) is 35.4. The first-order chi connectivity index (χ1) is 65.6. The van der Waals surface area contributed by atoms with Crippen LogP contribution in [0.5, 0.6) is 46.0 Å². The molecule has 6 saturated carbocycles. The van der Waals surface area contributed by atoms with Crippen LogP contribution in [0, 0.1) is 92.7 Å². The van der Waals surface area contributed by atoms with Gasteiger partial charge in [-0.25, -0.2) is 9.59 Å². The quantitative estimate of drug-likeness (QED) is 0.0222. The first-order valence-electron chi connectivity index (χ1n) is 53.3. The van der Waals surface area contributed by atoms with Gasteiger partial charge in [-0.15, -0.1) is 0 Å². The van der Waals surface area contributed by atoms with E-state index < -0.39 is 63.4 Å². The second-order valence-corrected chi connectivity index (χ2v) is 51.7. The Morgan fingerprint density at radius 3 is 0.899 bits per heavy atom. The second kappa shape index (κ2) is 41.0. The molecule has 0 amide bonds. The number of hydrogen-bond acceptors (Lipinski definition) is 12. The van der Waals surface area contributed by atoms with Crippen molar-refractivity contribution < 1.29 is 55.7 Å². The molecule has 0 aliphatic heterocycles. The van der Waals surface area contributed by atoms with Crippen LogP contribution in [0.2, 0.25) is 0 Å². The van der Waals surface area contributed by atoms with E-state index in [-0.39, 0.29) is 36.5 Å². The summed E-state index contributed by atoms with van der Waals surface area (Å²) in [5.41, 5.74) is 12.2. The standard InChI is InChI=1S/C124H162O12P2/c1-79(2)37-35-39-81(5)105-53-55-107-103-51-49-91-77-101(57-61-121(91,19)109(103)59-63-123(105,107)21)127-115(125)129-111-83-65-87-73-95(119(13,14)15)75-89(113(87)135-137(131-97-41-27-23-28-42-97)132-98-43-29-24-30-44-98)67-85-71-94(118(10,11)12)72-86(112(85)130-116(126)128-102-58-62-122(20)92(78-102)50-52-104-108-56-54-106(82(6)40-36-38-80(3)4)124(108,22)64-60-110(104)122)68-90-76-96(120(16,17)18)74-88(66-84(111)70-93(69-83)117(7,8)9)114(90)136-138(133-99-45-31-25-32-46-99)134-100-47-33-26-34-48-100/h23-34,41-50,69-76,79-82,101-110H,35-40,51-68,77-78H2,1-22H3. The Bertz CT molecular complexity index is 5130. The molecule has 14 heteroatoms. The summed E-state index contributed by atoms with van der Waals surface area (Å²) in [4.78, 5) is 32.2. The van der Waals surface area contributed by atoms with Crippen molar-refractivity contribution in [1.29, 1.82) is 0 Å². The van der Waals surface area contributed by atoms with Crippen molar-refractivity contribution in [3.8, 4) is 46.0 Å². The van der Waals surface area contributed by atoms with Gasteiger partial charge in [0.1, 0.15) is 58.2 Å². The van der Waals surface area contributed by atoms with E-state index >= 15 is 9.59 Å². The van der Waals surface area contributed by atoms with Crippen LogP contribution in [0.4, 0.5) is 9.59 Å². The van der Waals surface area contributed by atoms with Gasteiger partial charge in [-0.05, 0) is 297 Å². The van der Waals surface area contributed by atoms with E-state index in [4.69, 9.17) is 46.1 Å². The van der Waals surface area contributed by atoms with Gasteiger partial charge in [0.05, 0.1) is 0 Å². The van der Waals surface area contributed by atoms with Crippen LogP contribution in [-0.4, -0.2) is 24.5 Å². The Hall–Kier alpha value is -8.56. The Morgan fingerprint density at radius 1 is 0.341 bits per heavy atom. The van der Waals surface area contributed by atoms with Crippen molar-refractivity contribution in [2.45, 2.75) is 353 Å². The number of allylic oxidation sites excluding steroid dienone is 2. The van der Waals surface area contributed by atoms with Gasteiger partial charge < -0.3 is 46.1 Å². The van der Waals surface area contributed by atoms with Gasteiger partial charge in [-0.2, -0.15) is 0 Å². The van der Waals surface area contributed by atoms with Crippen molar-refractivity contribution >= 4 is 29.5 Å². The lowest BCUT2D eigenvalue weighted by Crippen LogP contribution is -2.51. The summed E-state index contributed by atoms with van der Waals surface area (Å²) in [6.45, 7) is 52.2. The third-order valence-corrected chi connectivity index (χ3v) is 37.5. The van der Waals surface area contributed by atoms with Gasteiger partial charge in [-0.3, -0.25) is 0 Å². The molecule has 0 radical (unpaired) electrons. The van der Waals surface area contributed by atoms with Crippen molar-refractivity contribution in [3.63, 3.8) is 0 Å². The molecule has 0 spiro atoms. The maximum Gasteiger partial charge on any atom is 0.530 e. The summed E-state index contributed by atoms with van der Waals surface area (Å²) >= 11 is 0. The van der Waals surface area contributed by atoms with Gasteiger partial charge >= 0.3 is 29.5 Å². The molecule has 8 aromatic rings. The number of ether oxygens (including phenoxy) is 4. The smallest absolute Gasteiger partial charge is 0.430 e. The third kappa shape index (κ3) is 22.1. The van der Waals surface area contributed by atoms with Crippen LogP contribution < -0.4 is 36.6 Å². The number of carbonyl (C=O) groups excluding carboxylic acids is 2. The van der Waals surface area contributed by atoms with Gasteiger partial charge in [0.2, 0.25) is 0 Å². The van der Waals surface area contributed by atoms with Gasteiger partial charge in [-0.1, -0.05) is 335 Å². The zero-order chi connectivity index (χ0) is 97.8. The van der Waals surface area contributed by atoms with E-state index in [9.17, 15) is 0 Å². The van der Waals surface area contributed by atoms with E-state index in [2.05, 4.69) is 213 Å². The zero-order valence-electron chi connectivity index (χ0n) is 87.6. The molecule has 0 heterocycles. The molecule has 740 valence electrons. The lowest BCUT2D eigenvalue weighted by atomic mass is 9.47. The maximum atomic E-state index is 16.1. The molecule has 9 aliphatic rings. The number of para-hydroxylation sites is 4. The number of carbonyl (C=O) groups is 2. The summed E-state index contributed by atoms with van der Waals surface area (Å²) in [5.74, 6) is 12.6. The highest BCUT2D eigenvalue weighted by molar-refractivity contribution is 7.43. The molecule has 0 aromatic heterocycles. The minimum Gasteiger partial charge on any atom is -0.430 e. The van der Waals surface area contributed by atoms with Crippen molar-refractivity contribution in [2.24, 2.45) is 92.7 Å². The summed E-state index contributed by atoms with van der Waals surface area (Å²) in [6.07, 6.45) is 29.0. The number of hydrogen-bond donors (Lipinski definition) is 0. The minimum atomic E-state index is -2.33. The van der Waals surface area contributed by atoms with Crippen LogP contribution in [0.1, 0.15) is 360 Å². The molecule has 9 aliphatic carbocycles. The minimum absolute atomic E-state index is 0.0209. The van der Waals surface area contributed by atoms with Crippen molar-refractivity contribution in [3.05, 3.63) is 260 Å². The maximum absolute atomic E-state index is 16.1. The average Bonchev–Trinajstić information content (AvgIpc) is 1.50. The predicted molar refractivity (Wildman–Crippen MR) is 563 cm³/mol. The highest BCUT2D eigenvalue weighted by atomic mass is 31.2. The largest absolute Gasteiger partial charge is 0.530 e. The first kappa shape index (κ1) is 101. The topological polar surface area (TPSA) is 126 Å².